The average Bonchev–Trinajstić information content (AvgIpc) is 3.29. The van der Waals surface area contributed by atoms with E-state index < -0.39 is 0 Å². The highest BCUT2D eigenvalue weighted by Crippen LogP contribution is 2.26. The van der Waals surface area contributed by atoms with Crippen molar-refractivity contribution in [1.82, 2.24) is 20.1 Å². The van der Waals surface area contributed by atoms with E-state index in [1.165, 1.54) is 11.8 Å². The Morgan fingerprint density at radius 3 is 3.17 bits per heavy atom. The third kappa shape index (κ3) is 4.07. The molecule has 24 heavy (non-hydrogen) atoms. The molecule has 1 amide bonds. The van der Waals surface area contributed by atoms with Gasteiger partial charge in [-0.1, -0.05) is 23.9 Å². The highest BCUT2D eigenvalue weighted by molar-refractivity contribution is 7.99. The standard InChI is InChI=1S/C16H20N4O3S/c1-22-14-7-3-2-6-13(14)20-11-18-19-16(20)24-10-15(21)17-9-12-5-4-8-23-12/h2-3,6-7,11-12H,4-5,8-10H2,1H3,(H,17,21)/t12-/m1/s1. The second-order valence-corrected chi connectivity index (χ2v) is 6.33. The molecule has 1 aliphatic heterocycles. The summed E-state index contributed by atoms with van der Waals surface area (Å²) in [6.45, 7) is 1.36. The molecule has 0 bridgehead atoms. The van der Waals surface area contributed by atoms with E-state index in [0.29, 0.717) is 11.7 Å². The van der Waals surface area contributed by atoms with Gasteiger partial charge in [-0.05, 0) is 25.0 Å². The van der Waals surface area contributed by atoms with Crippen molar-refractivity contribution < 1.29 is 14.3 Å². The maximum atomic E-state index is 12.0. The number of carbonyl (C=O) groups excluding carboxylic acids is 1. The van der Waals surface area contributed by atoms with Gasteiger partial charge >= 0.3 is 0 Å². The molecule has 0 aliphatic carbocycles. The van der Waals surface area contributed by atoms with E-state index in [9.17, 15) is 4.79 Å². The van der Waals surface area contributed by atoms with Gasteiger partial charge < -0.3 is 14.8 Å². The minimum Gasteiger partial charge on any atom is -0.495 e. The number of nitrogens with one attached hydrogen (secondary N) is 1. The Balaban J connectivity index is 1.58. The zero-order valence-corrected chi connectivity index (χ0v) is 14.3. The van der Waals surface area contributed by atoms with E-state index in [2.05, 4.69) is 15.5 Å². The maximum Gasteiger partial charge on any atom is 0.230 e. The number of ether oxygens (including phenoxy) is 2. The summed E-state index contributed by atoms with van der Waals surface area (Å²) in [7, 11) is 1.62. The van der Waals surface area contributed by atoms with Crippen LogP contribution in [0.3, 0.4) is 0 Å². The van der Waals surface area contributed by atoms with E-state index in [-0.39, 0.29) is 17.8 Å². The first-order chi connectivity index (χ1) is 11.8. The summed E-state index contributed by atoms with van der Waals surface area (Å²) in [4.78, 5) is 12.0. The molecule has 0 radical (unpaired) electrons. The molecule has 0 unspecified atom stereocenters. The molecular weight excluding hydrogens is 328 g/mol. The number of hydrogen-bond donors (Lipinski definition) is 1. The third-order valence-electron chi connectivity index (χ3n) is 3.74. The lowest BCUT2D eigenvalue weighted by Gasteiger charge is -2.12. The lowest BCUT2D eigenvalue weighted by Crippen LogP contribution is -2.32. The molecule has 1 saturated heterocycles. The Bertz CT molecular complexity index is 685. The van der Waals surface area contributed by atoms with Crippen LogP contribution in [0, 0.1) is 0 Å². The van der Waals surface area contributed by atoms with Crippen molar-refractivity contribution in [3.63, 3.8) is 0 Å². The van der Waals surface area contributed by atoms with Gasteiger partial charge in [0.15, 0.2) is 5.16 Å². The third-order valence-corrected chi connectivity index (χ3v) is 4.69. The lowest BCUT2D eigenvalue weighted by atomic mass is 10.2. The van der Waals surface area contributed by atoms with Crippen molar-refractivity contribution in [2.45, 2.75) is 24.1 Å². The normalized spacial score (nSPS) is 17.0. The van der Waals surface area contributed by atoms with Gasteiger partial charge in [0.1, 0.15) is 12.1 Å². The maximum absolute atomic E-state index is 12.0. The van der Waals surface area contributed by atoms with Crippen molar-refractivity contribution in [1.29, 1.82) is 0 Å². The molecule has 3 rings (SSSR count). The van der Waals surface area contributed by atoms with E-state index in [1.807, 2.05) is 28.8 Å². The zero-order valence-electron chi connectivity index (χ0n) is 13.5. The van der Waals surface area contributed by atoms with Crippen molar-refractivity contribution in [2.24, 2.45) is 0 Å². The predicted octanol–water partition coefficient (Wildman–Crippen LogP) is 1.66. The first kappa shape index (κ1) is 16.8. The van der Waals surface area contributed by atoms with E-state index in [1.54, 1.807) is 13.4 Å². The van der Waals surface area contributed by atoms with Gasteiger partial charge in [-0.3, -0.25) is 9.36 Å². The molecule has 1 aromatic carbocycles. The molecule has 0 saturated carbocycles. The predicted molar refractivity (Wildman–Crippen MR) is 90.6 cm³/mol. The number of rotatable bonds is 7. The molecule has 128 valence electrons. The minimum atomic E-state index is -0.0370. The Hall–Kier alpha value is -2.06. The fraction of sp³-hybridized carbons (Fsp3) is 0.438. The van der Waals surface area contributed by atoms with Crippen LogP contribution >= 0.6 is 11.8 Å². The van der Waals surface area contributed by atoms with Crippen LogP contribution in [0.15, 0.2) is 35.7 Å². The summed E-state index contributed by atoms with van der Waals surface area (Å²) >= 11 is 1.34. The summed E-state index contributed by atoms with van der Waals surface area (Å²) in [5.41, 5.74) is 0.840. The van der Waals surface area contributed by atoms with Gasteiger partial charge in [0.05, 0.1) is 24.7 Å². The fourth-order valence-electron chi connectivity index (χ4n) is 2.53. The molecule has 2 heterocycles. The minimum absolute atomic E-state index is 0.0370. The Kier molecular flexibility index (Phi) is 5.71. The first-order valence-electron chi connectivity index (χ1n) is 7.82. The zero-order chi connectivity index (χ0) is 16.8. The van der Waals surface area contributed by atoms with Gasteiger partial charge in [0, 0.05) is 13.2 Å². The largest absolute Gasteiger partial charge is 0.495 e. The second-order valence-electron chi connectivity index (χ2n) is 5.38. The van der Waals surface area contributed by atoms with Crippen LogP contribution in [0.2, 0.25) is 0 Å². The second kappa shape index (κ2) is 8.16. The summed E-state index contributed by atoms with van der Waals surface area (Å²) in [5, 5.41) is 11.6. The van der Waals surface area contributed by atoms with Crippen molar-refractivity contribution in [3.05, 3.63) is 30.6 Å². The number of benzene rings is 1. The molecule has 2 aromatic rings. The van der Waals surface area contributed by atoms with Gasteiger partial charge in [0.25, 0.3) is 0 Å². The molecule has 1 N–H and O–H groups in total. The quantitative estimate of drug-likeness (QED) is 0.767. The monoisotopic (exact) mass is 348 g/mol. The van der Waals surface area contributed by atoms with Gasteiger partial charge in [-0.15, -0.1) is 10.2 Å². The number of aromatic nitrogens is 3. The van der Waals surface area contributed by atoms with Crippen LogP contribution < -0.4 is 10.1 Å². The van der Waals surface area contributed by atoms with E-state index in [0.717, 1.165) is 30.9 Å². The topological polar surface area (TPSA) is 78.3 Å². The van der Waals surface area contributed by atoms with Gasteiger partial charge in [-0.25, -0.2) is 0 Å². The molecule has 1 fully saturated rings. The Labute approximate surface area is 144 Å². The van der Waals surface area contributed by atoms with Crippen molar-refractivity contribution >= 4 is 17.7 Å². The fourth-order valence-corrected chi connectivity index (χ4v) is 3.28. The molecular formula is C16H20N4O3S. The molecule has 1 aliphatic rings. The Morgan fingerprint density at radius 2 is 2.38 bits per heavy atom. The molecule has 1 aromatic heterocycles. The number of hydrogen-bond acceptors (Lipinski definition) is 6. The number of thioether (sulfide) groups is 1. The number of amides is 1. The smallest absolute Gasteiger partial charge is 0.230 e. The molecule has 0 spiro atoms. The highest BCUT2D eigenvalue weighted by atomic mass is 32.2. The van der Waals surface area contributed by atoms with Gasteiger partial charge in [-0.2, -0.15) is 0 Å². The average molecular weight is 348 g/mol. The van der Waals surface area contributed by atoms with E-state index in [4.69, 9.17) is 9.47 Å². The van der Waals surface area contributed by atoms with Gasteiger partial charge in [0.2, 0.25) is 5.91 Å². The van der Waals surface area contributed by atoms with Crippen LogP contribution in [0.5, 0.6) is 5.75 Å². The van der Waals surface area contributed by atoms with Crippen molar-refractivity contribution in [3.8, 4) is 11.4 Å². The van der Waals surface area contributed by atoms with Crippen LogP contribution in [-0.2, 0) is 9.53 Å². The van der Waals surface area contributed by atoms with E-state index >= 15 is 0 Å². The van der Waals surface area contributed by atoms with Crippen LogP contribution in [0.1, 0.15) is 12.8 Å². The summed E-state index contributed by atoms with van der Waals surface area (Å²) in [6.07, 6.45) is 3.84. The highest BCUT2D eigenvalue weighted by Gasteiger charge is 2.17. The Morgan fingerprint density at radius 1 is 1.50 bits per heavy atom. The number of nitrogens with zero attached hydrogens (tertiary/aromatic N) is 3. The summed E-state index contributed by atoms with van der Waals surface area (Å²) in [6, 6.07) is 7.61. The first-order valence-corrected chi connectivity index (χ1v) is 8.81. The van der Waals surface area contributed by atoms with Crippen LogP contribution in [-0.4, -0.2) is 52.8 Å². The molecule has 1 atom stereocenters. The number of para-hydroxylation sites is 2. The molecule has 8 heteroatoms. The van der Waals surface area contributed by atoms with Crippen LogP contribution in [0.4, 0.5) is 0 Å². The number of carbonyl (C=O) groups is 1. The molecule has 7 nitrogen and oxygen atoms in total. The van der Waals surface area contributed by atoms with Crippen molar-refractivity contribution in [2.75, 3.05) is 26.0 Å². The SMILES string of the molecule is COc1ccccc1-n1cnnc1SCC(=O)NC[C@H]1CCCO1. The summed E-state index contributed by atoms with van der Waals surface area (Å²) < 4.78 is 12.7. The van der Waals surface area contributed by atoms with Crippen LogP contribution in [0.25, 0.3) is 5.69 Å². The lowest BCUT2D eigenvalue weighted by molar-refractivity contribution is -0.119. The number of methoxy groups -OCH3 is 1. The summed E-state index contributed by atoms with van der Waals surface area (Å²) in [5.74, 6) is 0.965.